The van der Waals surface area contributed by atoms with E-state index in [1.165, 1.54) is 0 Å². The van der Waals surface area contributed by atoms with E-state index in [-0.39, 0.29) is 11.5 Å². The van der Waals surface area contributed by atoms with Gasteiger partial charge < -0.3 is 14.9 Å². The van der Waals surface area contributed by atoms with Crippen LogP contribution in [-0.4, -0.2) is 20.2 Å². The zero-order valence-corrected chi connectivity index (χ0v) is 12.0. The van der Waals surface area contributed by atoms with Gasteiger partial charge in [-0.3, -0.25) is 0 Å². The second-order valence-electron chi connectivity index (χ2n) is 5.10. The Morgan fingerprint density at radius 2 is 1.09 bits per heavy atom. The molecule has 0 aliphatic rings. The van der Waals surface area contributed by atoms with Crippen LogP contribution in [0.15, 0.2) is 60.7 Å². The second kappa shape index (κ2) is 5.14. The van der Waals surface area contributed by atoms with Gasteiger partial charge in [-0.2, -0.15) is 0 Å². The zero-order valence-electron chi connectivity index (χ0n) is 12.0. The van der Waals surface area contributed by atoms with Crippen LogP contribution in [0.3, 0.4) is 0 Å². The van der Waals surface area contributed by atoms with Crippen LogP contribution in [0.5, 0.6) is 23.3 Å². The van der Waals surface area contributed by atoms with Crippen molar-refractivity contribution in [3.63, 3.8) is 0 Å². The van der Waals surface area contributed by atoms with Crippen molar-refractivity contribution in [1.29, 1.82) is 0 Å². The number of para-hydroxylation sites is 2. The van der Waals surface area contributed by atoms with E-state index in [0.717, 1.165) is 10.8 Å². The Balaban J connectivity index is 1.75. The summed E-state index contributed by atoms with van der Waals surface area (Å²) in [6.07, 6.45) is 0. The minimum atomic E-state index is 0.0945. The molecule has 0 saturated carbocycles. The minimum Gasteiger partial charge on any atom is -0.506 e. The molecule has 0 aliphatic heterocycles. The Kier molecular flexibility index (Phi) is 2.98. The molecule has 0 fully saturated rings. The number of hydrogen-bond donors (Lipinski definition) is 2. The van der Waals surface area contributed by atoms with E-state index in [2.05, 4.69) is 9.97 Å². The monoisotopic (exact) mass is 304 g/mol. The molecule has 112 valence electrons. The first kappa shape index (κ1) is 13.3. The number of hydrogen-bond acceptors (Lipinski definition) is 5. The summed E-state index contributed by atoms with van der Waals surface area (Å²) in [6, 6.07) is 17.4. The van der Waals surface area contributed by atoms with Crippen molar-refractivity contribution in [2.45, 2.75) is 0 Å². The lowest BCUT2D eigenvalue weighted by Crippen LogP contribution is -1.92. The van der Waals surface area contributed by atoms with Gasteiger partial charge in [0.15, 0.2) is 0 Å². The maximum Gasteiger partial charge on any atom is 0.221 e. The van der Waals surface area contributed by atoms with Crippen LogP contribution in [-0.2, 0) is 0 Å². The third kappa shape index (κ3) is 2.38. The standard InChI is InChI=1S/C18H12N2O3/c21-13-5-1-3-11-7-9-15(19-17(11)13)23-16-10-8-12-4-2-6-14(22)18(12)20-16/h1-10,21-22H. The molecule has 0 radical (unpaired) electrons. The highest BCUT2D eigenvalue weighted by Crippen LogP contribution is 2.29. The molecule has 2 heterocycles. The van der Waals surface area contributed by atoms with Crippen LogP contribution >= 0.6 is 0 Å². The van der Waals surface area contributed by atoms with Crippen LogP contribution < -0.4 is 4.74 Å². The molecular formula is C18H12N2O3. The van der Waals surface area contributed by atoms with Gasteiger partial charge in [-0.25, -0.2) is 9.97 Å². The summed E-state index contributed by atoms with van der Waals surface area (Å²) in [7, 11) is 0. The van der Waals surface area contributed by atoms with E-state index in [9.17, 15) is 10.2 Å². The van der Waals surface area contributed by atoms with Gasteiger partial charge in [0.2, 0.25) is 11.8 Å². The molecule has 5 heteroatoms. The fraction of sp³-hybridized carbons (Fsp3) is 0. The average molecular weight is 304 g/mol. The molecule has 4 aromatic rings. The molecule has 4 rings (SSSR count). The largest absolute Gasteiger partial charge is 0.506 e. The Hall–Kier alpha value is -3.34. The van der Waals surface area contributed by atoms with Crippen LogP contribution in [0.1, 0.15) is 0 Å². The number of ether oxygens (including phenoxy) is 1. The van der Waals surface area contributed by atoms with Crippen molar-refractivity contribution in [2.24, 2.45) is 0 Å². The number of fused-ring (bicyclic) bond motifs is 2. The highest BCUT2D eigenvalue weighted by molar-refractivity contribution is 5.85. The van der Waals surface area contributed by atoms with Gasteiger partial charge in [0.1, 0.15) is 22.5 Å². The topological polar surface area (TPSA) is 75.5 Å². The van der Waals surface area contributed by atoms with Crippen molar-refractivity contribution >= 4 is 21.8 Å². The van der Waals surface area contributed by atoms with E-state index in [1.54, 1.807) is 36.4 Å². The molecule has 5 nitrogen and oxygen atoms in total. The molecule has 2 aromatic heterocycles. The predicted octanol–water partition coefficient (Wildman–Crippen LogP) is 3.99. The van der Waals surface area contributed by atoms with Crippen molar-refractivity contribution in [1.82, 2.24) is 9.97 Å². The van der Waals surface area contributed by atoms with Gasteiger partial charge in [-0.1, -0.05) is 24.3 Å². The normalized spacial score (nSPS) is 11.0. The molecule has 0 spiro atoms. The molecule has 0 aliphatic carbocycles. The Bertz CT molecular complexity index is 948. The van der Waals surface area contributed by atoms with Crippen molar-refractivity contribution < 1.29 is 14.9 Å². The summed E-state index contributed by atoms with van der Waals surface area (Å²) in [4.78, 5) is 8.60. The van der Waals surface area contributed by atoms with Gasteiger partial charge in [0.25, 0.3) is 0 Å². The SMILES string of the molecule is Oc1cccc2ccc(Oc3ccc4cccc(O)c4n3)nc12. The molecule has 0 bridgehead atoms. The number of pyridine rings is 2. The molecule has 23 heavy (non-hydrogen) atoms. The molecule has 0 amide bonds. The molecule has 2 aromatic carbocycles. The lowest BCUT2D eigenvalue weighted by atomic mass is 10.2. The number of phenolic OH excluding ortho intramolecular Hbond substituents is 2. The number of phenols is 2. The summed E-state index contributed by atoms with van der Waals surface area (Å²) in [5.74, 6) is 0.830. The molecule has 0 unspecified atom stereocenters. The van der Waals surface area contributed by atoms with Crippen LogP contribution in [0.4, 0.5) is 0 Å². The Labute approximate surface area is 131 Å². The average Bonchev–Trinajstić information content (AvgIpc) is 2.56. The summed E-state index contributed by atoms with van der Waals surface area (Å²) in [6.45, 7) is 0. The van der Waals surface area contributed by atoms with Crippen LogP contribution in [0.2, 0.25) is 0 Å². The van der Waals surface area contributed by atoms with E-state index < -0.39 is 0 Å². The predicted molar refractivity (Wildman–Crippen MR) is 86.9 cm³/mol. The fourth-order valence-electron chi connectivity index (χ4n) is 2.45. The van der Waals surface area contributed by atoms with Crippen molar-refractivity contribution in [3.8, 4) is 23.3 Å². The smallest absolute Gasteiger partial charge is 0.221 e. The van der Waals surface area contributed by atoms with E-state index >= 15 is 0 Å². The van der Waals surface area contributed by atoms with E-state index in [1.807, 2.05) is 24.3 Å². The molecular weight excluding hydrogens is 292 g/mol. The quantitative estimate of drug-likeness (QED) is 0.585. The highest BCUT2D eigenvalue weighted by atomic mass is 16.5. The maximum absolute atomic E-state index is 9.87. The minimum absolute atomic E-state index is 0.0945. The van der Waals surface area contributed by atoms with Gasteiger partial charge >= 0.3 is 0 Å². The number of aromatic nitrogens is 2. The van der Waals surface area contributed by atoms with E-state index in [4.69, 9.17) is 4.74 Å². The Morgan fingerprint density at radius 3 is 1.57 bits per heavy atom. The second-order valence-corrected chi connectivity index (χ2v) is 5.10. The summed E-state index contributed by atoms with van der Waals surface area (Å²) in [5, 5.41) is 21.4. The summed E-state index contributed by atoms with van der Waals surface area (Å²) < 4.78 is 5.66. The van der Waals surface area contributed by atoms with Crippen molar-refractivity contribution in [2.75, 3.05) is 0 Å². The van der Waals surface area contributed by atoms with E-state index in [0.29, 0.717) is 22.8 Å². The molecule has 0 atom stereocenters. The lowest BCUT2D eigenvalue weighted by molar-refractivity contribution is 0.443. The number of nitrogens with zero attached hydrogens (tertiary/aromatic N) is 2. The third-order valence-corrected chi connectivity index (χ3v) is 3.56. The summed E-state index contributed by atoms with van der Waals surface area (Å²) in [5.41, 5.74) is 0.933. The van der Waals surface area contributed by atoms with Gasteiger partial charge in [-0.15, -0.1) is 0 Å². The lowest BCUT2D eigenvalue weighted by Gasteiger charge is -2.07. The van der Waals surface area contributed by atoms with Gasteiger partial charge in [0.05, 0.1) is 0 Å². The van der Waals surface area contributed by atoms with Crippen molar-refractivity contribution in [3.05, 3.63) is 60.7 Å². The maximum atomic E-state index is 9.87. The molecule has 2 N–H and O–H groups in total. The first-order valence-electron chi connectivity index (χ1n) is 7.06. The first-order chi connectivity index (χ1) is 11.2. The first-order valence-corrected chi connectivity index (χ1v) is 7.06. The van der Waals surface area contributed by atoms with Crippen LogP contribution in [0, 0.1) is 0 Å². The van der Waals surface area contributed by atoms with Gasteiger partial charge in [-0.05, 0) is 24.3 Å². The fourth-order valence-corrected chi connectivity index (χ4v) is 2.45. The third-order valence-electron chi connectivity index (χ3n) is 3.56. The number of rotatable bonds is 2. The number of aromatic hydroxyl groups is 2. The van der Waals surface area contributed by atoms with Crippen LogP contribution in [0.25, 0.3) is 21.8 Å². The molecule has 0 saturated heterocycles. The number of benzene rings is 2. The zero-order chi connectivity index (χ0) is 15.8. The van der Waals surface area contributed by atoms with Gasteiger partial charge in [0, 0.05) is 22.9 Å². The highest BCUT2D eigenvalue weighted by Gasteiger charge is 2.07. The Morgan fingerprint density at radius 1 is 0.609 bits per heavy atom. The summed E-state index contributed by atoms with van der Waals surface area (Å²) >= 11 is 0.